The molecule has 2 atom stereocenters. The fraction of sp³-hybridized carbons (Fsp3) is 0.714. The summed E-state index contributed by atoms with van der Waals surface area (Å²) >= 11 is 6.14. The van der Waals surface area contributed by atoms with Crippen LogP contribution >= 0.6 is 11.6 Å². The van der Waals surface area contributed by atoms with E-state index >= 15 is 0 Å². The number of halogens is 1. The van der Waals surface area contributed by atoms with E-state index in [9.17, 15) is 9.90 Å². The molecule has 0 saturated heterocycles. The van der Waals surface area contributed by atoms with Crippen molar-refractivity contribution in [2.75, 3.05) is 6.54 Å². The second-order valence-electron chi connectivity index (χ2n) is 5.49. The molecule has 1 aromatic rings. The molecule has 0 spiro atoms. The summed E-state index contributed by atoms with van der Waals surface area (Å²) in [7, 11) is 1.71. The Balaban J connectivity index is 2.83. The van der Waals surface area contributed by atoms with E-state index in [2.05, 4.69) is 10.4 Å². The lowest BCUT2D eigenvalue weighted by molar-refractivity contribution is 0.0849. The van der Waals surface area contributed by atoms with Gasteiger partial charge in [-0.05, 0) is 11.8 Å². The number of aromatic nitrogens is 2. The van der Waals surface area contributed by atoms with Crippen LogP contribution in [0.4, 0.5) is 0 Å². The van der Waals surface area contributed by atoms with Gasteiger partial charge in [0.05, 0.1) is 17.4 Å². The number of aryl methyl sites for hydroxylation is 1. The Hall–Kier alpha value is -1.07. The predicted molar refractivity (Wildman–Crippen MR) is 80.1 cm³/mol. The molecule has 1 amide bonds. The van der Waals surface area contributed by atoms with Gasteiger partial charge in [-0.2, -0.15) is 5.10 Å². The fourth-order valence-corrected chi connectivity index (χ4v) is 2.12. The summed E-state index contributed by atoms with van der Waals surface area (Å²) in [5, 5.41) is 17.2. The molecule has 0 saturated carbocycles. The van der Waals surface area contributed by atoms with Crippen LogP contribution in [0.2, 0.25) is 5.15 Å². The molecule has 0 aromatic carbocycles. The molecule has 20 heavy (non-hydrogen) atoms. The van der Waals surface area contributed by atoms with E-state index in [0.717, 1.165) is 6.42 Å². The number of nitrogens with zero attached hydrogens (tertiary/aromatic N) is 2. The first-order valence-corrected chi connectivity index (χ1v) is 7.35. The van der Waals surface area contributed by atoms with Gasteiger partial charge in [-0.25, -0.2) is 0 Å². The molecule has 1 heterocycles. The minimum atomic E-state index is -0.554. The van der Waals surface area contributed by atoms with Crippen molar-refractivity contribution in [1.82, 2.24) is 15.1 Å². The summed E-state index contributed by atoms with van der Waals surface area (Å²) in [6.45, 7) is 8.10. The van der Waals surface area contributed by atoms with Crippen molar-refractivity contribution in [2.24, 2.45) is 13.0 Å². The fourth-order valence-electron chi connectivity index (χ4n) is 1.90. The molecule has 2 unspecified atom stereocenters. The molecule has 0 aliphatic heterocycles. The van der Waals surface area contributed by atoms with Gasteiger partial charge in [-0.3, -0.25) is 9.48 Å². The number of aliphatic hydroxyl groups excluding tert-OH is 1. The van der Waals surface area contributed by atoms with Gasteiger partial charge < -0.3 is 10.4 Å². The van der Waals surface area contributed by atoms with Crippen LogP contribution in [0.3, 0.4) is 0 Å². The molecule has 0 fully saturated rings. The number of aliphatic hydroxyl groups is 1. The van der Waals surface area contributed by atoms with E-state index in [0.29, 0.717) is 16.4 Å². The van der Waals surface area contributed by atoms with Crippen LogP contribution in [0.5, 0.6) is 0 Å². The minimum Gasteiger partial charge on any atom is -0.391 e. The molecular weight excluding hydrogens is 278 g/mol. The van der Waals surface area contributed by atoms with Gasteiger partial charge in [0, 0.05) is 13.6 Å². The van der Waals surface area contributed by atoms with Crippen molar-refractivity contribution in [3.8, 4) is 0 Å². The zero-order valence-corrected chi connectivity index (χ0v) is 13.5. The maximum Gasteiger partial charge on any atom is 0.256 e. The van der Waals surface area contributed by atoms with Gasteiger partial charge in [0.2, 0.25) is 0 Å². The Morgan fingerprint density at radius 3 is 2.55 bits per heavy atom. The molecule has 5 nitrogen and oxygen atoms in total. The topological polar surface area (TPSA) is 67.2 Å². The highest BCUT2D eigenvalue weighted by molar-refractivity contribution is 6.33. The summed E-state index contributed by atoms with van der Waals surface area (Å²) in [5.41, 5.74) is 1.08. The van der Waals surface area contributed by atoms with Crippen molar-refractivity contribution in [3.05, 3.63) is 16.4 Å². The first-order chi connectivity index (χ1) is 9.29. The highest BCUT2D eigenvalue weighted by Gasteiger charge is 2.24. The van der Waals surface area contributed by atoms with Crippen molar-refractivity contribution >= 4 is 17.5 Å². The summed E-state index contributed by atoms with van der Waals surface area (Å²) in [4.78, 5) is 12.3. The van der Waals surface area contributed by atoms with Gasteiger partial charge in [-0.15, -0.1) is 0 Å². The van der Waals surface area contributed by atoms with Crippen LogP contribution in [0, 0.1) is 5.92 Å². The summed E-state index contributed by atoms with van der Waals surface area (Å²) in [6.07, 6.45) is 0.309. The molecule has 1 rings (SSSR count). The third kappa shape index (κ3) is 3.73. The van der Waals surface area contributed by atoms with Gasteiger partial charge in [0.15, 0.2) is 0 Å². The summed E-state index contributed by atoms with van der Waals surface area (Å²) < 4.78 is 1.50. The largest absolute Gasteiger partial charge is 0.391 e. The number of carbonyl (C=O) groups is 1. The van der Waals surface area contributed by atoms with Crippen LogP contribution < -0.4 is 5.32 Å². The maximum absolute atomic E-state index is 12.3. The van der Waals surface area contributed by atoms with Gasteiger partial charge >= 0.3 is 0 Å². The molecule has 1 aromatic heterocycles. The third-order valence-corrected chi connectivity index (χ3v) is 3.98. The Labute approximate surface area is 125 Å². The highest BCUT2D eigenvalue weighted by atomic mass is 35.5. The number of carbonyl (C=O) groups excluding carboxylic acids is 1. The number of rotatable bonds is 6. The molecular formula is C14H24ClN3O2. The standard InChI is InChI=1S/C14H24ClN3O2/c1-6-9(4)10(19)7-16-14(20)11-12(8(2)3)17-18(5)13(11)15/h8-10,19H,6-7H2,1-5H3,(H,16,20). The van der Waals surface area contributed by atoms with Crippen molar-refractivity contribution in [3.63, 3.8) is 0 Å². The molecule has 0 radical (unpaired) electrons. The molecule has 0 aliphatic carbocycles. The van der Waals surface area contributed by atoms with E-state index < -0.39 is 6.10 Å². The predicted octanol–water partition coefficient (Wildman–Crippen LogP) is 2.33. The van der Waals surface area contributed by atoms with E-state index in [1.807, 2.05) is 27.7 Å². The average Bonchev–Trinajstić information content (AvgIpc) is 2.71. The normalized spacial score (nSPS) is 14.4. The van der Waals surface area contributed by atoms with Gasteiger partial charge in [-0.1, -0.05) is 45.7 Å². The van der Waals surface area contributed by atoms with Gasteiger partial charge in [0.1, 0.15) is 5.15 Å². The van der Waals surface area contributed by atoms with E-state index in [-0.39, 0.29) is 24.3 Å². The number of amides is 1. The van der Waals surface area contributed by atoms with Crippen LogP contribution in [0.1, 0.15) is 56.1 Å². The summed E-state index contributed by atoms with van der Waals surface area (Å²) in [5.74, 6) is -0.0349. The first-order valence-electron chi connectivity index (χ1n) is 6.98. The second kappa shape index (κ2) is 7.09. The Bertz CT molecular complexity index is 471. The number of nitrogens with one attached hydrogen (secondary N) is 1. The quantitative estimate of drug-likeness (QED) is 0.847. The Morgan fingerprint density at radius 1 is 1.45 bits per heavy atom. The molecule has 0 aliphatic rings. The molecule has 114 valence electrons. The SMILES string of the molecule is CCC(C)C(O)CNC(=O)c1c(C(C)C)nn(C)c1Cl. The monoisotopic (exact) mass is 301 g/mol. The minimum absolute atomic E-state index is 0.105. The highest BCUT2D eigenvalue weighted by Crippen LogP contribution is 2.25. The lowest BCUT2D eigenvalue weighted by Gasteiger charge is -2.17. The van der Waals surface area contributed by atoms with E-state index in [4.69, 9.17) is 11.6 Å². The van der Waals surface area contributed by atoms with Crippen molar-refractivity contribution in [1.29, 1.82) is 0 Å². The van der Waals surface area contributed by atoms with Crippen LogP contribution in [0.15, 0.2) is 0 Å². The Kier molecular flexibility index (Phi) is 6.02. The lowest BCUT2D eigenvalue weighted by Crippen LogP contribution is -2.35. The maximum atomic E-state index is 12.3. The molecule has 2 N–H and O–H groups in total. The number of hydrogen-bond donors (Lipinski definition) is 2. The third-order valence-electron chi connectivity index (χ3n) is 3.55. The lowest BCUT2D eigenvalue weighted by atomic mass is 10.0. The van der Waals surface area contributed by atoms with E-state index in [1.165, 1.54) is 4.68 Å². The van der Waals surface area contributed by atoms with Gasteiger partial charge in [0.25, 0.3) is 5.91 Å². The van der Waals surface area contributed by atoms with Crippen molar-refractivity contribution < 1.29 is 9.90 Å². The number of hydrogen-bond acceptors (Lipinski definition) is 3. The molecule has 0 bridgehead atoms. The zero-order valence-electron chi connectivity index (χ0n) is 12.8. The van der Waals surface area contributed by atoms with Crippen molar-refractivity contribution in [2.45, 2.75) is 46.1 Å². The van der Waals surface area contributed by atoms with Crippen LogP contribution in [-0.4, -0.2) is 33.4 Å². The zero-order chi connectivity index (χ0) is 15.4. The smallest absolute Gasteiger partial charge is 0.256 e. The van der Waals surface area contributed by atoms with Crippen LogP contribution in [-0.2, 0) is 7.05 Å². The second-order valence-corrected chi connectivity index (χ2v) is 5.85. The summed E-state index contributed by atoms with van der Waals surface area (Å²) in [6, 6.07) is 0. The average molecular weight is 302 g/mol. The van der Waals surface area contributed by atoms with Crippen LogP contribution in [0.25, 0.3) is 0 Å². The Morgan fingerprint density at radius 2 is 2.05 bits per heavy atom. The van der Waals surface area contributed by atoms with E-state index in [1.54, 1.807) is 7.05 Å². The molecule has 6 heteroatoms. The first kappa shape index (κ1) is 17.0.